The molecule has 0 aliphatic heterocycles. The standard InChI is InChI=1S/C13H22N6OS/c1-8(21-13-17-11(14)16-12(15)18-13)10(20)19(2)9-6-4-3-5-7-9/h8-9H,3-7H2,1-2H3,(H4,14,15,16,17,18)/t8-/m0/s1. The van der Waals surface area contributed by atoms with Crippen LogP contribution in [0.4, 0.5) is 11.9 Å². The molecule has 21 heavy (non-hydrogen) atoms. The molecular formula is C13H22N6OS. The third-order valence-corrected chi connectivity index (χ3v) is 4.70. The second-order valence-electron chi connectivity index (χ2n) is 5.34. The van der Waals surface area contributed by atoms with Crippen molar-refractivity contribution < 1.29 is 4.79 Å². The lowest BCUT2D eigenvalue weighted by Crippen LogP contribution is -2.42. The Morgan fingerprint density at radius 3 is 2.33 bits per heavy atom. The molecule has 1 heterocycles. The highest BCUT2D eigenvalue weighted by Crippen LogP contribution is 2.26. The third-order valence-electron chi connectivity index (χ3n) is 3.75. The van der Waals surface area contributed by atoms with Crippen LogP contribution in [0.2, 0.25) is 0 Å². The number of hydrogen-bond donors (Lipinski definition) is 2. The van der Waals surface area contributed by atoms with Crippen LogP contribution in [0.5, 0.6) is 0 Å². The van der Waals surface area contributed by atoms with Gasteiger partial charge in [-0.25, -0.2) is 0 Å². The van der Waals surface area contributed by atoms with Gasteiger partial charge in [-0.2, -0.15) is 15.0 Å². The van der Waals surface area contributed by atoms with E-state index in [1.54, 1.807) is 0 Å². The zero-order valence-corrected chi connectivity index (χ0v) is 13.3. The van der Waals surface area contributed by atoms with Crippen molar-refractivity contribution in [2.75, 3.05) is 18.5 Å². The Bertz CT molecular complexity index is 485. The topological polar surface area (TPSA) is 111 Å². The summed E-state index contributed by atoms with van der Waals surface area (Å²) in [6.45, 7) is 1.85. The molecule has 1 aromatic heterocycles. The predicted octanol–water partition coefficient (Wildman–Crippen LogP) is 1.31. The number of nitrogen functional groups attached to an aromatic ring is 2. The largest absolute Gasteiger partial charge is 0.368 e. The van der Waals surface area contributed by atoms with Crippen molar-refractivity contribution >= 4 is 29.6 Å². The molecule has 1 aliphatic rings. The molecule has 8 heteroatoms. The van der Waals surface area contributed by atoms with Crippen LogP contribution in [0.25, 0.3) is 0 Å². The maximum Gasteiger partial charge on any atom is 0.235 e. The monoisotopic (exact) mass is 310 g/mol. The second-order valence-corrected chi connectivity index (χ2v) is 6.64. The fourth-order valence-electron chi connectivity index (χ4n) is 2.58. The molecule has 1 amide bonds. The molecule has 7 nitrogen and oxygen atoms in total. The second kappa shape index (κ2) is 6.93. The summed E-state index contributed by atoms with van der Waals surface area (Å²) in [5, 5.41) is 0.107. The maximum absolute atomic E-state index is 12.5. The van der Waals surface area contributed by atoms with Gasteiger partial charge >= 0.3 is 0 Å². The first kappa shape index (κ1) is 15.8. The Morgan fingerprint density at radius 1 is 1.19 bits per heavy atom. The quantitative estimate of drug-likeness (QED) is 0.806. The van der Waals surface area contributed by atoms with Gasteiger partial charge in [-0.15, -0.1) is 0 Å². The average Bonchev–Trinajstić information content (AvgIpc) is 2.45. The van der Waals surface area contributed by atoms with Crippen molar-refractivity contribution in [2.45, 2.75) is 55.5 Å². The molecule has 0 spiro atoms. The van der Waals surface area contributed by atoms with Gasteiger partial charge in [0.05, 0.1) is 5.25 Å². The Balaban J connectivity index is 1.98. The summed E-state index contributed by atoms with van der Waals surface area (Å²) in [4.78, 5) is 26.1. The van der Waals surface area contributed by atoms with E-state index >= 15 is 0 Å². The van der Waals surface area contributed by atoms with Crippen LogP contribution in [0.15, 0.2) is 5.16 Å². The first-order valence-electron chi connectivity index (χ1n) is 7.17. The van der Waals surface area contributed by atoms with Crippen molar-refractivity contribution in [3.63, 3.8) is 0 Å². The summed E-state index contributed by atoms with van der Waals surface area (Å²) in [6, 6.07) is 0.350. The Labute approximate surface area is 128 Å². The molecule has 2 rings (SSSR count). The van der Waals surface area contributed by atoms with E-state index in [-0.39, 0.29) is 23.1 Å². The van der Waals surface area contributed by atoms with Crippen molar-refractivity contribution in [1.82, 2.24) is 19.9 Å². The van der Waals surface area contributed by atoms with E-state index in [1.807, 2.05) is 18.9 Å². The number of aromatic nitrogens is 3. The SMILES string of the molecule is C[C@H](Sc1nc(N)nc(N)n1)C(=O)N(C)C1CCCCC1. The van der Waals surface area contributed by atoms with Crippen molar-refractivity contribution in [3.05, 3.63) is 0 Å². The summed E-state index contributed by atoms with van der Waals surface area (Å²) in [6.07, 6.45) is 5.84. The lowest BCUT2D eigenvalue weighted by atomic mass is 9.94. The van der Waals surface area contributed by atoms with Crippen molar-refractivity contribution in [1.29, 1.82) is 0 Å². The minimum absolute atomic E-state index is 0.0743. The van der Waals surface area contributed by atoms with E-state index in [4.69, 9.17) is 11.5 Å². The molecule has 1 atom stereocenters. The van der Waals surface area contributed by atoms with Crippen LogP contribution in [-0.2, 0) is 4.79 Å². The van der Waals surface area contributed by atoms with Gasteiger partial charge < -0.3 is 16.4 Å². The highest BCUT2D eigenvalue weighted by atomic mass is 32.2. The van der Waals surface area contributed by atoms with Crippen molar-refractivity contribution in [3.8, 4) is 0 Å². The fraction of sp³-hybridized carbons (Fsp3) is 0.692. The zero-order chi connectivity index (χ0) is 15.4. The number of nitrogens with two attached hydrogens (primary N) is 2. The number of carbonyl (C=O) groups is 1. The van der Waals surface area contributed by atoms with Crippen molar-refractivity contribution in [2.24, 2.45) is 0 Å². The van der Waals surface area contributed by atoms with Crippen LogP contribution in [0, 0.1) is 0 Å². The minimum Gasteiger partial charge on any atom is -0.368 e. The van der Waals surface area contributed by atoms with Gasteiger partial charge in [0.2, 0.25) is 17.8 Å². The van der Waals surface area contributed by atoms with Gasteiger partial charge in [0, 0.05) is 13.1 Å². The van der Waals surface area contributed by atoms with Gasteiger partial charge in [0.1, 0.15) is 0 Å². The highest BCUT2D eigenvalue weighted by molar-refractivity contribution is 8.00. The first-order chi connectivity index (χ1) is 9.97. The molecule has 0 unspecified atom stereocenters. The van der Waals surface area contributed by atoms with E-state index in [2.05, 4.69) is 15.0 Å². The molecule has 0 radical (unpaired) electrons. The number of rotatable bonds is 4. The van der Waals surface area contributed by atoms with E-state index < -0.39 is 0 Å². The summed E-state index contributed by atoms with van der Waals surface area (Å²) in [5.41, 5.74) is 11.1. The Morgan fingerprint density at radius 2 is 1.76 bits per heavy atom. The summed E-state index contributed by atoms with van der Waals surface area (Å²) >= 11 is 1.26. The van der Waals surface area contributed by atoms with Crippen LogP contribution in [-0.4, -0.2) is 44.1 Å². The molecule has 0 saturated heterocycles. The van der Waals surface area contributed by atoms with E-state index in [1.165, 1.54) is 31.0 Å². The molecule has 0 aromatic carbocycles. The Kier molecular flexibility index (Phi) is 5.22. The Hall–Kier alpha value is -1.57. The number of thioether (sulfide) groups is 1. The first-order valence-corrected chi connectivity index (χ1v) is 8.05. The number of carbonyl (C=O) groups excluding carboxylic acids is 1. The van der Waals surface area contributed by atoms with Gasteiger partial charge in [0.15, 0.2) is 5.16 Å². The van der Waals surface area contributed by atoms with Gasteiger partial charge in [-0.3, -0.25) is 4.79 Å². The summed E-state index contributed by atoms with van der Waals surface area (Å²) < 4.78 is 0. The molecule has 116 valence electrons. The molecule has 1 aliphatic carbocycles. The number of anilines is 2. The third kappa shape index (κ3) is 4.20. The van der Waals surface area contributed by atoms with E-state index in [9.17, 15) is 4.79 Å². The fourth-order valence-corrected chi connectivity index (χ4v) is 3.46. The predicted molar refractivity (Wildman–Crippen MR) is 83.6 cm³/mol. The molecule has 0 bridgehead atoms. The molecule has 1 saturated carbocycles. The maximum atomic E-state index is 12.5. The molecule has 1 aromatic rings. The molecule has 1 fully saturated rings. The molecular weight excluding hydrogens is 288 g/mol. The lowest BCUT2D eigenvalue weighted by molar-refractivity contribution is -0.131. The van der Waals surface area contributed by atoms with Crippen LogP contribution in [0.1, 0.15) is 39.0 Å². The van der Waals surface area contributed by atoms with E-state index in [0.717, 1.165) is 12.8 Å². The minimum atomic E-state index is -0.280. The smallest absolute Gasteiger partial charge is 0.235 e. The van der Waals surface area contributed by atoms with Crippen LogP contribution in [0.3, 0.4) is 0 Å². The van der Waals surface area contributed by atoms with E-state index in [0.29, 0.717) is 11.2 Å². The number of amides is 1. The molecule has 4 N–H and O–H groups in total. The highest BCUT2D eigenvalue weighted by Gasteiger charge is 2.26. The van der Waals surface area contributed by atoms with Gasteiger partial charge in [0.25, 0.3) is 0 Å². The number of nitrogens with zero attached hydrogens (tertiary/aromatic N) is 4. The summed E-state index contributed by atoms with van der Waals surface area (Å²) in [7, 11) is 1.88. The summed E-state index contributed by atoms with van der Waals surface area (Å²) in [5.74, 6) is 0.236. The van der Waals surface area contributed by atoms with Gasteiger partial charge in [-0.1, -0.05) is 31.0 Å². The lowest BCUT2D eigenvalue weighted by Gasteiger charge is -2.32. The average molecular weight is 310 g/mol. The normalized spacial score (nSPS) is 17.4. The zero-order valence-electron chi connectivity index (χ0n) is 12.5. The van der Waals surface area contributed by atoms with Gasteiger partial charge in [-0.05, 0) is 19.8 Å². The number of hydrogen-bond acceptors (Lipinski definition) is 7. The van der Waals surface area contributed by atoms with Crippen LogP contribution >= 0.6 is 11.8 Å². The van der Waals surface area contributed by atoms with Crippen LogP contribution < -0.4 is 11.5 Å².